The molecule has 0 aliphatic carbocycles. The molecule has 1 rings (SSSR count). The molecule has 0 unspecified atom stereocenters. The second-order valence-electron chi connectivity index (χ2n) is 3.34. The van der Waals surface area contributed by atoms with Crippen molar-refractivity contribution >= 4 is 11.8 Å². The molecule has 1 aromatic carbocycles. The molecule has 84 valence electrons. The van der Waals surface area contributed by atoms with E-state index in [1.807, 2.05) is 36.4 Å². The Hall–Kier alpha value is -1.83. The fraction of sp³-hybridized carbons (Fsp3) is 0.214. The maximum Gasteiger partial charge on any atom is 0.106 e. The second-order valence-corrected chi connectivity index (χ2v) is 3.34. The van der Waals surface area contributed by atoms with E-state index in [1.165, 1.54) is 0 Å². The van der Waals surface area contributed by atoms with Crippen LogP contribution in [0.1, 0.15) is 18.4 Å². The second kappa shape index (κ2) is 7.46. The van der Waals surface area contributed by atoms with Crippen molar-refractivity contribution in [1.82, 2.24) is 0 Å². The van der Waals surface area contributed by atoms with Crippen LogP contribution < -0.4 is 0 Å². The van der Waals surface area contributed by atoms with E-state index >= 15 is 0 Å². The molecule has 0 radical (unpaired) electrons. The van der Waals surface area contributed by atoms with Crippen molar-refractivity contribution in [3.8, 4) is 0 Å². The highest BCUT2D eigenvalue weighted by molar-refractivity contribution is 5.97. The lowest BCUT2D eigenvalue weighted by Gasteiger charge is -1.97. The minimum atomic E-state index is 0.848. The number of hydrogen-bond donors (Lipinski definition) is 0. The standard InChI is InChI=1S/C14H17NO/c1-3-4-10-14(15-16-2)12-11-13-8-6-5-7-9-13/h3,5-9,11-12H,1,4,10H2,2H3/b12-11+,15-14+. The fourth-order valence-electron chi connectivity index (χ4n) is 1.28. The number of hydrogen-bond acceptors (Lipinski definition) is 2. The minimum Gasteiger partial charge on any atom is -0.399 e. The largest absolute Gasteiger partial charge is 0.399 e. The molecule has 0 atom stereocenters. The number of rotatable bonds is 6. The minimum absolute atomic E-state index is 0.848. The van der Waals surface area contributed by atoms with Crippen molar-refractivity contribution in [3.05, 3.63) is 54.6 Å². The van der Waals surface area contributed by atoms with E-state index in [9.17, 15) is 0 Å². The summed E-state index contributed by atoms with van der Waals surface area (Å²) in [6.45, 7) is 3.69. The van der Waals surface area contributed by atoms with Crippen molar-refractivity contribution in [2.24, 2.45) is 5.16 Å². The third kappa shape index (κ3) is 4.60. The monoisotopic (exact) mass is 215 g/mol. The SMILES string of the molecule is C=CCCC(/C=C/c1ccccc1)=N\OC. The van der Waals surface area contributed by atoms with Gasteiger partial charge in [-0.1, -0.05) is 47.6 Å². The van der Waals surface area contributed by atoms with Gasteiger partial charge in [-0.15, -0.1) is 6.58 Å². The molecule has 0 saturated carbocycles. The lowest BCUT2D eigenvalue weighted by molar-refractivity contribution is 0.213. The van der Waals surface area contributed by atoms with Gasteiger partial charge in [-0.05, 0) is 24.5 Å². The Balaban J connectivity index is 2.64. The van der Waals surface area contributed by atoms with Crippen molar-refractivity contribution in [2.45, 2.75) is 12.8 Å². The van der Waals surface area contributed by atoms with Gasteiger partial charge in [-0.25, -0.2) is 0 Å². The molecular formula is C14H17NO. The van der Waals surface area contributed by atoms with Crippen LogP contribution in [0.25, 0.3) is 6.08 Å². The Morgan fingerprint density at radius 2 is 2.12 bits per heavy atom. The van der Waals surface area contributed by atoms with E-state index in [0.717, 1.165) is 24.1 Å². The van der Waals surface area contributed by atoms with Gasteiger partial charge >= 0.3 is 0 Å². The maximum absolute atomic E-state index is 4.79. The van der Waals surface area contributed by atoms with E-state index in [4.69, 9.17) is 4.84 Å². The number of oxime groups is 1. The number of benzene rings is 1. The summed E-state index contributed by atoms with van der Waals surface area (Å²) in [5.74, 6) is 0. The Morgan fingerprint density at radius 1 is 1.38 bits per heavy atom. The molecule has 0 amide bonds. The summed E-state index contributed by atoms with van der Waals surface area (Å²) in [6, 6.07) is 10.1. The van der Waals surface area contributed by atoms with Crippen LogP contribution in [0.15, 0.2) is 54.2 Å². The molecule has 0 N–H and O–H groups in total. The molecule has 0 aliphatic rings. The van der Waals surface area contributed by atoms with Crippen molar-refractivity contribution in [1.29, 1.82) is 0 Å². The normalized spacial score (nSPS) is 11.7. The van der Waals surface area contributed by atoms with Crippen molar-refractivity contribution in [2.75, 3.05) is 7.11 Å². The first-order chi connectivity index (χ1) is 7.86. The highest BCUT2D eigenvalue weighted by Crippen LogP contribution is 2.04. The summed E-state index contributed by atoms with van der Waals surface area (Å²) in [5, 5.41) is 3.96. The summed E-state index contributed by atoms with van der Waals surface area (Å²) in [5.41, 5.74) is 2.08. The fourth-order valence-corrected chi connectivity index (χ4v) is 1.28. The van der Waals surface area contributed by atoms with Gasteiger partial charge in [0.2, 0.25) is 0 Å². The Bertz CT molecular complexity index is 366. The van der Waals surface area contributed by atoms with Crippen LogP contribution in [-0.2, 0) is 4.84 Å². The van der Waals surface area contributed by atoms with E-state index in [2.05, 4.69) is 23.9 Å². The van der Waals surface area contributed by atoms with Crippen LogP contribution in [0.3, 0.4) is 0 Å². The van der Waals surface area contributed by atoms with Crippen molar-refractivity contribution in [3.63, 3.8) is 0 Å². The highest BCUT2D eigenvalue weighted by Gasteiger charge is 1.93. The van der Waals surface area contributed by atoms with Gasteiger partial charge in [0.05, 0.1) is 5.71 Å². The molecule has 0 aliphatic heterocycles. The van der Waals surface area contributed by atoms with Gasteiger partial charge in [0.1, 0.15) is 7.11 Å². The third-order valence-corrected chi connectivity index (χ3v) is 2.08. The van der Waals surface area contributed by atoms with Gasteiger partial charge in [0.15, 0.2) is 0 Å². The zero-order valence-electron chi connectivity index (χ0n) is 9.60. The summed E-state index contributed by atoms with van der Waals surface area (Å²) in [6.07, 6.45) is 7.63. The molecule has 0 fully saturated rings. The van der Waals surface area contributed by atoms with Crippen LogP contribution in [0, 0.1) is 0 Å². The average Bonchev–Trinajstić information content (AvgIpc) is 2.34. The Morgan fingerprint density at radius 3 is 2.75 bits per heavy atom. The topological polar surface area (TPSA) is 21.6 Å². The van der Waals surface area contributed by atoms with E-state index in [1.54, 1.807) is 7.11 Å². The smallest absolute Gasteiger partial charge is 0.106 e. The summed E-state index contributed by atoms with van der Waals surface area (Å²) >= 11 is 0. The van der Waals surface area contributed by atoms with Crippen LogP contribution in [0.2, 0.25) is 0 Å². The number of nitrogens with zero attached hydrogens (tertiary/aromatic N) is 1. The molecule has 16 heavy (non-hydrogen) atoms. The van der Waals surface area contributed by atoms with Gasteiger partial charge in [-0.3, -0.25) is 0 Å². The lowest BCUT2D eigenvalue weighted by atomic mass is 10.1. The van der Waals surface area contributed by atoms with Gasteiger partial charge in [0, 0.05) is 0 Å². The molecule has 0 aromatic heterocycles. The van der Waals surface area contributed by atoms with Crippen molar-refractivity contribution < 1.29 is 4.84 Å². The molecule has 2 heteroatoms. The predicted molar refractivity (Wildman–Crippen MR) is 69.4 cm³/mol. The molecular weight excluding hydrogens is 198 g/mol. The quantitative estimate of drug-likeness (QED) is 0.403. The van der Waals surface area contributed by atoms with Crippen LogP contribution in [-0.4, -0.2) is 12.8 Å². The first kappa shape index (κ1) is 12.2. The van der Waals surface area contributed by atoms with Crippen LogP contribution in [0.5, 0.6) is 0 Å². The van der Waals surface area contributed by atoms with Crippen LogP contribution in [0.4, 0.5) is 0 Å². The van der Waals surface area contributed by atoms with Crippen LogP contribution >= 0.6 is 0 Å². The average molecular weight is 215 g/mol. The first-order valence-corrected chi connectivity index (χ1v) is 5.31. The number of allylic oxidation sites excluding steroid dienone is 2. The van der Waals surface area contributed by atoms with E-state index in [0.29, 0.717) is 0 Å². The Labute approximate surface area is 96.9 Å². The summed E-state index contributed by atoms with van der Waals surface area (Å²) < 4.78 is 0. The zero-order valence-corrected chi connectivity index (χ0v) is 9.60. The molecule has 0 saturated heterocycles. The Kier molecular flexibility index (Phi) is 5.71. The van der Waals surface area contributed by atoms with E-state index in [-0.39, 0.29) is 0 Å². The van der Waals surface area contributed by atoms with Gasteiger partial charge < -0.3 is 4.84 Å². The summed E-state index contributed by atoms with van der Waals surface area (Å²) in [4.78, 5) is 4.79. The molecule has 0 spiro atoms. The molecule has 1 aromatic rings. The lowest BCUT2D eigenvalue weighted by Crippen LogP contribution is -1.93. The highest BCUT2D eigenvalue weighted by atomic mass is 16.6. The van der Waals surface area contributed by atoms with E-state index < -0.39 is 0 Å². The molecule has 0 heterocycles. The third-order valence-electron chi connectivity index (χ3n) is 2.08. The maximum atomic E-state index is 4.79. The predicted octanol–water partition coefficient (Wildman–Crippen LogP) is 3.67. The zero-order chi connectivity index (χ0) is 11.6. The van der Waals surface area contributed by atoms with Gasteiger partial charge in [-0.2, -0.15) is 0 Å². The molecule has 2 nitrogen and oxygen atoms in total. The van der Waals surface area contributed by atoms with Gasteiger partial charge in [0.25, 0.3) is 0 Å². The molecule has 0 bridgehead atoms. The summed E-state index contributed by atoms with van der Waals surface area (Å²) in [7, 11) is 1.56. The first-order valence-electron chi connectivity index (χ1n) is 5.31.